The summed E-state index contributed by atoms with van der Waals surface area (Å²) in [7, 11) is 0. The lowest BCUT2D eigenvalue weighted by Crippen LogP contribution is -2.57. The molecule has 428 valence electrons. The van der Waals surface area contributed by atoms with Crippen LogP contribution in [0.15, 0.2) is 12.2 Å². The number of allylic oxidation sites excluding steroid dienone is 2. The van der Waals surface area contributed by atoms with Crippen molar-refractivity contribution in [3.63, 3.8) is 0 Å². The molecule has 0 aromatic heterocycles. The fraction of sp³-hybridized carbons (Fsp3) is 0.922. The summed E-state index contributed by atoms with van der Waals surface area (Å²) in [6.07, 6.45) is 50.0. The highest BCUT2D eigenvalue weighted by atomic mass is 16.7. The van der Waals surface area contributed by atoms with Gasteiger partial charge in [-0.25, -0.2) is 0 Å². The summed E-state index contributed by atoms with van der Waals surface area (Å²) in [6, 6.07) is 0. The van der Waals surface area contributed by atoms with Crippen LogP contribution in [-0.4, -0.2) is 82.3 Å². The molecule has 0 amide bonds. The van der Waals surface area contributed by atoms with Crippen molar-refractivity contribution >= 4 is 18.4 Å². The Balaban J connectivity index is 0.00000184. The van der Waals surface area contributed by atoms with E-state index in [1.54, 1.807) is 0 Å². The number of nitrogens with zero attached hydrogens (tertiary/aromatic N) is 1. The predicted octanol–water partition coefficient (Wildman–Crippen LogP) is 17.8. The van der Waals surface area contributed by atoms with Crippen LogP contribution in [0.4, 0.5) is 0 Å². The van der Waals surface area contributed by atoms with E-state index in [-0.39, 0.29) is 34.5 Å². The van der Waals surface area contributed by atoms with Crippen LogP contribution in [0.2, 0.25) is 0 Å². The van der Waals surface area contributed by atoms with Crippen LogP contribution in [0.25, 0.3) is 0 Å². The second-order valence-corrected chi connectivity index (χ2v) is 23.5. The molecule has 4 saturated carbocycles. The molecule has 0 heterocycles. The largest absolute Gasteiger partial charge is 0.468 e. The summed E-state index contributed by atoms with van der Waals surface area (Å²) in [4.78, 5) is 39.1. The van der Waals surface area contributed by atoms with Gasteiger partial charge in [0.2, 0.25) is 0 Å². The first-order valence-corrected chi connectivity index (χ1v) is 31.6. The summed E-state index contributed by atoms with van der Waals surface area (Å²) < 4.78 is 29.2. The van der Waals surface area contributed by atoms with Gasteiger partial charge in [0.05, 0.1) is 26.2 Å². The maximum absolute atomic E-state index is 13.1. The molecule has 4 atom stereocenters. The number of unbranched alkanes of at least 4 members (excludes halogenated alkanes) is 20. The van der Waals surface area contributed by atoms with Crippen LogP contribution in [0.5, 0.6) is 0 Å². The molecule has 9 heteroatoms. The van der Waals surface area contributed by atoms with E-state index in [4.69, 9.17) is 23.7 Å². The highest BCUT2D eigenvalue weighted by Crippen LogP contribution is 2.73. The molecule has 9 nitrogen and oxygen atoms in total. The zero-order chi connectivity index (χ0) is 53.0. The van der Waals surface area contributed by atoms with Crippen molar-refractivity contribution in [1.29, 1.82) is 0 Å². The lowest BCUT2D eigenvalue weighted by molar-refractivity contribution is -0.173. The van der Waals surface area contributed by atoms with Crippen LogP contribution in [0.1, 0.15) is 298 Å². The SMILES string of the molecule is CCCCCC/C=C\CCCCCCCC(=O)OCCCC12CC3CC(CCCOC=O)(C1)CC(CCCOC(=O)CCC(OCCCCCCCC)OCCCCCCCC)(C3)C2.CCCCN(CC)CC. The van der Waals surface area contributed by atoms with Gasteiger partial charge in [-0.3, -0.25) is 14.4 Å². The third-order valence-electron chi connectivity index (χ3n) is 16.7. The third kappa shape index (κ3) is 32.4. The van der Waals surface area contributed by atoms with Crippen molar-refractivity contribution in [2.45, 2.75) is 305 Å². The van der Waals surface area contributed by atoms with Gasteiger partial charge in [-0.05, 0) is 170 Å². The quantitative estimate of drug-likeness (QED) is 0.0147. The number of carbonyl (C=O) groups excluding carboxylic acids is 3. The van der Waals surface area contributed by atoms with E-state index in [9.17, 15) is 14.4 Å². The standard InChI is InChI=1S/C56H100O8.C8H19N/c1-4-7-10-13-16-17-18-19-20-21-22-23-26-32-51(58)61-41-30-36-55-44-50-43-54(46-55,35-29-38-60-49-57)47-56(45-50,48-55)37-31-42-62-52(59)33-34-53(63-39-27-24-14-11-8-5-2)64-40-28-25-15-12-9-6-3;1-4-7-8-9(5-2)6-3/h17-18,49-50,53H,4-16,19-48H2,1-3H3;4-8H2,1-3H3/b18-17-;. The van der Waals surface area contributed by atoms with Gasteiger partial charge in [-0.15, -0.1) is 0 Å². The Hall–Kier alpha value is -1.97. The lowest BCUT2D eigenvalue weighted by Gasteiger charge is -2.67. The predicted molar refractivity (Wildman–Crippen MR) is 305 cm³/mol. The average molecular weight is 1030 g/mol. The summed E-state index contributed by atoms with van der Waals surface area (Å²) in [6.45, 7) is 20.5. The molecule has 73 heavy (non-hydrogen) atoms. The maximum atomic E-state index is 13.1. The van der Waals surface area contributed by atoms with Crippen molar-refractivity contribution < 1.29 is 38.1 Å². The fourth-order valence-corrected chi connectivity index (χ4v) is 13.4. The molecule has 4 fully saturated rings. The molecule has 4 aliphatic carbocycles. The highest BCUT2D eigenvalue weighted by Gasteiger charge is 2.62. The van der Waals surface area contributed by atoms with Gasteiger partial charge in [0.15, 0.2) is 6.29 Å². The number of esters is 2. The smallest absolute Gasteiger partial charge is 0.305 e. The van der Waals surface area contributed by atoms with Crippen molar-refractivity contribution in [3.8, 4) is 0 Å². The van der Waals surface area contributed by atoms with Gasteiger partial charge < -0.3 is 28.6 Å². The van der Waals surface area contributed by atoms with Crippen LogP contribution >= 0.6 is 0 Å². The molecule has 0 N–H and O–H groups in total. The maximum Gasteiger partial charge on any atom is 0.305 e. The fourth-order valence-electron chi connectivity index (χ4n) is 13.4. The van der Waals surface area contributed by atoms with Crippen molar-refractivity contribution in [3.05, 3.63) is 12.2 Å². The number of rotatable bonds is 50. The second kappa shape index (κ2) is 44.1. The average Bonchev–Trinajstić information content (AvgIpc) is 3.38. The molecule has 0 spiro atoms. The summed E-state index contributed by atoms with van der Waals surface area (Å²) >= 11 is 0. The van der Waals surface area contributed by atoms with Crippen molar-refractivity contribution in [1.82, 2.24) is 4.90 Å². The monoisotopic (exact) mass is 1030 g/mol. The van der Waals surface area contributed by atoms with Crippen LogP contribution < -0.4 is 0 Å². The van der Waals surface area contributed by atoms with E-state index in [2.05, 4.69) is 58.6 Å². The summed E-state index contributed by atoms with van der Waals surface area (Å²) in [5, 5.41) is 0. The number of hydrogen-bond donors (Lipinski definition) is 0. The van der Waals surface area contributed by atoms with E-state index in [1.807, 2.05) is 0 Å². The number of carbonyl (C=O) groups is 3. The third-order valence-corrected chi connectivity index (χ3v) is 16.7. The molecule has 4 unspecified atom stereocenters. The summed E-state index contributed by atoms with van der Waals surface area (Å²) in [5.74, 6) is 0.530. The van der Waals surface area contributed by atoms with E-state index in [0.29, 0.717) is 64.7 Å². The van der Waals surface area contributed by atoms with Crippen LogP contribution in [-0.2, 0) is 38.1 Å². The van der Waals surface area contributed by atoms with Crippen LogP contribution in [0, 0.1) is 22.2 Å². The number of ether oxygens (including phenoxy) is 5. The first kappa shape index (κ1) is 67.1. The van der Waals surface area contributed by atoms with Crippen LogP contribution in [0.3, 0.4) is 0 Å². The minimum Gasteiger partial charge on any atom is -0.468 e. The van der Waals surface area contributed by atoms with Gasteiger partial charge >= 0.3 is 11.9 Å². The first-order chi connectivity index (χ1) is 35.7. The Labute approximate surface area is 451 Å². The molecule has 0 aromatic rings. The molecule has 4 bridgehead atoms. The van der Waals surface area contributed by atoms with E-state index < -0.39 is 0 Å². The normalized spacial score (nSPS) is 21.0. The highest BCUT2D eigenvalue weighted by molar-refractivity contribution is 5.69. The second-order valence-electron chi connectivity index (χ2n) is 23.5. The lowest BCUT2D eigenvalue weighted by atomic mass is 9.37. The molecule has 0 saturated heterocycles. The number of hydrogen-bond acceptors (Lipinski definition) is 9. The molecule has 4 aliphatic rings. The van der Waals surface area contributed by atoms with E-state index >= 15 is 0 Å². The molecular weight excluding hydrogens is 911 g/mol. The molecular formula is C64H119NO8. The van der Waals surface area contributed by atoms with E-state index in [0.717, 1.165) is 64.2 Å². The van der Waals surface area contributed by atoms with Gasteiger partial charge in [0.1, 0.15) is 0 Å². The van der Waals surface area contributed by atoms with Gasteiger partial charge in [0, 0.05) is 26.1 Å². The van der Waals surface area contributed by atoms with Crippen molar-refractivity contribution in [2.24, 2.45) is 22.2 Å². The summed E-state index contributed by atoms with van der Waals surface area (Å²) in [5.41, 5.74) is 0.820. The van der Waals surface area contributed by atoms with Gasteiger partial charge in [0.25, 0.3) is 6.47 Å². The minimum absolute atomic E-state index is 0.0360. The Kier molecular flexibility index (Phi) is 40.5. The Morgan fingerprint density at radius 1 is 0.479 bits per heavy atom. The Bertz CT molecular complexity index is 1340. The minimum atomic E-state index is -0.346. The first-order valence-electron chi connectivity index (χ1n) is 31.6. The molecule has 0 radical (unpaired) electrons. The Morgan fingerprint density at radius 3 is 1.36 bits per heavy atom. The molecule has 0 aromatic carbocycles. The van der Waals surface area contributed by atoms with Gasteiger partial charge in [-0.2, -0.15) is 0 Å². The zero-order valence-corrected chi connectivity index (χ0v) is 49.0. The Morgan fingerprint density at radius 2 is 0.890 bits per heavy atom. The molecule has 0 aliphatic heterocycles. The zero-order valence-electron chi connectivity index (χ0n) is 49.0. The van der Waals surface area contributed by atoms with Crippen molar-refractivity contribution in [2.75, 3.05) is 52.7 Å². The molecule has 4 rings (SSSR count). The van der Waals surface area contributed by atoms with E-state index in [1.165, 1.54) is 193 Å². The van der Waals surface area contributed by atoms with Gasteiger partial charge in [-0.1, -0.05) is 163 Å². The topological polar surface area (TPSA) is 101 Å².